The SMILES string of the molecule is CC(=O)c1ccc2c(c1)N(C(C)=O)CC2. The molecule has 0 N–H and O–H groups in total. The van der Waals surface area contributed by atoms with E-state index < -0.39 is 0 Å². The van der Waals surface area contributed by atoms with Crippen molar-refractivity contribution in [1.29, 1.82) is 0 Å². The second-order valence-electron chi connectivity index (χ2n) is 3.82. The van der Waals surface area contributed by atoms with Crippen LogP contribution < -0.4 is 4.90 Å². The van der Waals surface area contributed by atoms with Crippen LogP contribution in [-0.2, 0) is 11.2 Å². The van der Waals surface area contributed by atoms with E-state index in [2.05, 4.69) is 0 Å². The van der Waals surface area contributed by atoms with E-state index in [-0.39, 0.29) is 11.7 Å². The second-order valence-corrected chi connectivity index (χ2v) is 3.82. The summed E-state index contributed by atoms with van der Waals surface area (Å²) >= 11 is 0. The zero-order valence-electron chi connectivity index (χ0n) is 8.91. The van der Waals surface area contributed by atoms with Crippen molar-refractivity contribution in [2.45, 2.75) is 20.3 Å². The summed E-state index contributed by atoms with van der Waals surface area (Å²) in [4.78, 5) is 24.3. The van der Waals surface area contributed by atoms with E-state index in [1.165, 1.54) is 6.92 Å². The highest BCUT2D eigenvalue weighted by atomic mass is 16.2. The Morgan fingerprint density at radius 2 is 2.00 bits per heavy atom. The normalized spacial score (nSPS) is 13.9. The largest absolute Gasteiger partial charge is 0.312 e. The number of amides is 1. The Labute approximate surface area is 88.7 Å². The highest BCUT2D eigenvalue weighted by molar-refractivity contribution is 5.98. The van der Waals surface area contributed by atoms with E-state index in [9.17, 15) is 9.59 Å². The number of rotatable bonds is 1. The first-order valence-electron chi connectivity index (χ1n) is 5.01. The number of carbonyl (C=O) groups is 2. The summed E-state index contributed by atoms with van der Waals surface area (Å²) < 4.78 is 0. The number of ketones is 1. The van der Waals surface area contributed by atoms with Gasteiger partial charge in [-0.1, -0.05) is 12.1 Å². The van der Waals surface area contributed by atoms with E-state index in [4.69, 9.17) is 0 Å². The van der Waals surface area contributed by atoms with Crippen molar-refractivity contribution >= 4 is 17.4 Å². The van der Waals surface area contributed by atoms with Crippen LogP contribution in [0.4, 0.5) is 5.69 Å². The molecule has 0 saturated heterocycles. The van der Waals surface area contributed by atoms with E-state index in [0.717, 1.165) is 24.2 Å². The predicted octanol–water partition coefficient (Wildman–Crippen LogP) is 1.80. The first-order chi connectivity index (χ1) is 7.09. The molecule has 1 aliphatic heterocycles. The summed E-state index contributed by atoms with van der Waals surface area (Å²) in [6.45, 7) is 3.82. The first-order valence-corrected chi connectivity index (χ1v) is 5.01. The lowest BCUT2D eigenvalue weighted by atomic mass is 10.1. The van der Waals surface area contributed by atoms with Gasteiger partial charge >= 0.3 is 0 Å². The van der Waals surface area contributed by atoms with Crippen molar-refractivity contribution in [3.63, 3.8) is 0 Å². The van der Waals surface area contributed by atoms with Gasteiger partial charge in [-0.05, 0) is 25.0 Å². The number of carbonyl (C=O) groups excluding carboxylic acids is 2. The number of anilines is 1. The van der Waals surface area contributed by atoms with Gasteiger partial charge < -0.3 is 4.90 Å². The van der Waals surface area contributed by atoms with Gasteiger partial charge in [0.1, 0.15) is 0 Å². The maximum absolute atomic E-state index is 11.3. The topological polar surface area (TPSA) is 37.4 Å². The zero-order chi connectivity index (χ0) is 11.0. The van der Waals surface area contributed by atoms with Crippen molar-refractivity contribution in [2.24, 2.45) is 0 Å². The Bertz CT molecular complexity index is 437. The minimum Gasteiger partial charge on any atom is -0.312 e. The van der Waals surface area contributed by atoms with Gasteiger partial charge in [0.05, 0.1) is 0 Å². The molecule has 0 radical (unpaired) electrons. The van der Waals surface area contributed by atoms with Crippen LogP contribution in [0, 0.1) is 0 Å². The van der Waals surface area contributed by atoms with Gasteiger partial charge in [-0.3, -0.25) is 9.59 Å². The average molecular weight is 203 g/mol. The molecule has 0 spiro atoms. The third-order valence-electron chi connectivity index (χ3n) is 2.77. The molecule has 0 atom stereocenters. The van der Waals surface area contributed by atoms with Crippen molar-refractivity contribution in [3.8, 4) is 0 Å². The van der Waals surface area contributed by atoms with E-state index in [1.807, 2.05) is 18.2 Å². The molecule has 1 aromatic rings. The fourth-order valence-corrected chi connectivity index (χ4v) is 1.93. The van der Waals surface area contributed by atoms with Gasteiger partial charge in [0, 0.05) is 24.7 Å². The van der Waals surface area contributed by atoms with Crippen LogP contribution >= 0.6 is 0 Å². The summed E-state index contributed by atoms with van der Waals surface area (Å²) in [7, 11) is 0. The van der Waals surface area contributed by atoms with Crippen LogP contribution in [-0.4, -0.2) is 18.2 Å². The van der Waals surface area contributed by atoms with E-state index in [1.54, 1.807) is 11.8 Å². The number of hydrogen-bond acceptors (Lipinski definition) is 2. The molecule has 1 heterocycles. The molecule has 0 bridgehead atoms. The monoisotopic (exact) mass is 203 g/mol. The summed E-state index contributed by atoms with van der Waals surface area (Å²) in [5.41, 5.74) is 2.72. The number of Topliss-reactive ketones (excluding diaryl/α,β-unsaturated/α-hetero) is 1. The molecule has 0 aliphatic carbocycles. The lowest BCUT2D eigenvalue weighted by Gasteiger charge is -2.14. The summed E-state index contributed by atoms with van der Waals surface area (Å²) in [5.74, 6) is 0.0719. The Kier molecular flexibility index (Phi) is 2.31. The quantitative estimate of drug-likeness (QED) is 0.653. The fourth-order valence-electron chi connectivity index (χ4n) is 1.93. The lowest BCUT2D eigenvalue weighted by Crippen LogP contribution is -2.25. The molecule has 0 aromatic heterocycles. The van der Waals surface area contributed by atoms with Crippen LogP contribution in [0.3, 0.4) is 0 Å². The Balaban J connectivity index is 2.46. The van der Waals surface area contributed by atoms with Crippen LogP contribution in [0.2, 0.25) is 0 Å². The van der Waals surface area contributed by atoms with Crippen LogP contribution in [0.1, 0.15) is 29.8 Å². The third kappa shape index (κ3) is 1.65. The summed E-state index contributed by atoms with van der Waals surface area (Å²) in [6.07, 6.45) is 0.882. The maximum Gasteiger partial charge on any atom is 0.223 e. The third-order valence-corrected chi connectivity index (χ3v) is 2.77. The molecule has 2 rings (SSSR count). The van der Waals surface area contributed by atoms with Crippen molar-refractivity contribution in [2.75, 3.05) is 11.4 Å². The van der Waals surface area contributed by atoms with Crippen molar-refractivity contribution in [3.05, 3.63) is 29.3 Å². The zero-order valence-corrected chi connectivity index (χ0v) is 8.91. The summed E-state index contributed by atoms with van der Waals surface area (Å²) in [6, 6.07) is 5.58. The number of hydrogen-bond donors (Lipinski definition) is 0. The van der Waals surface area contributed by atoms with E-state index >= 15 is 0 Å². The maximum atomic E-state index is 11.3. The van der Waals surface area contributed by atoms with Gasteiger partial charge in [0.2, 0.25) is 5.91 Å². The van der Waals surface area contributed by atoms with Crippen molar-refractivity contribution in [1.82, 2.24) is 0 Å². The van der Waals surface area contributed by atoms with Crippen molar-refractivity contribution < 1.29 is 9.59 Å². The number of nitrogens with zero attached hydrogens (tertiary/aromatic N) is 1. The molecule has 3 heteroatoms. The minimum atomic E-state index is 0.0354. The molecule has 1 amide bonds. The van der Waals surface area contributed by atoms with Gasteiger partial charge in [0.15, 0.2) is 5.78 Å². The second kappa shape index (κ2) is 3.50. The highest BCUT2D eigenvalue weighted by Crippen LogP contribution is 2.29. The molecule has 1 aliphatic rings. The molecule has 0 fully saturated rings. The van der Waals surface area contributed by atoms with E-state index in [0.29, 0.717) is 5.56 Å². The molecule has 3 nitrogen and oxygen atoms in total. The minimum absolute atomic E-state index is 0.0354. The van der Waals surface area contributed by atoms with Gasteiger partial charge in [0.25, 0.3) is 0 Å². The molecule has 15 heavy (non-hydrogen) atoms. The molecular formula is C12H13NO2. The van der Waals surface area contributed by atoms with Gasteiger partial charge in [-0.2, -0.15) is 0 Å². The van der Waals surface area contributed by atoms with Crippen LogP contribution in [0.25, 0.3) is 0 Å². The smallest absolute Gasteiger partial charge is 0.223 e. The molecule has 0 saturated carbocycles. The Morgan fingerprint density at radius 3 is 2.60 bits per heavy atom. The molecular weight excluding hydrogens is 190 g/mol. The Hall–Kier alpha value is -1.64. The number of fused-ring (bicyclic) bond motifs is 1. The molecule has 78 valence electrons. The van der Waals surface area contributed by atoms with Crippen LogP contribution in [0.5, 0.6) is 0 Å². The highest BCUT2D eigenvalue weighted by Gasteiger charge is 2.22. The summed E-state index contributed by atoms with van der Waals surface area (Å²) in [5, 5.41) is 0. The van der Waals surface area contributed by atoms with Gasteiger partial charge in [-0.25, -0.2) is 0 Å². The first kappa shape index (κ1) is 9.90. The fraction of sp³-hybridized carbons (Fsp3) is 0.333. The van der Waals surface area contributed by atoms with Gasteiger partial charge in [-0.15, -0.1) is 0 Å². The molecule has 0 unspecified atom stereocenters. The lowest BCUT2D eigenvalue weighted by molar-refractivity contribution is -0.116. The standard InChI is InChI=1S/C12H13NO2/c1-8(14)11-4-3-10-5-6-13(9(2)15)12(10)7-11/h3-4,7H,5-6H2,1-2H3. The Morgan fingerprint density at radius 1 is 1.27 bits per heavy atom. The average Bonchev–Trinajstić information content (AvgIpc) is 2.59. The predicted molar refractivity (Wildman–Crippen MR) is 58.2 cm³/mol. The molecule has 1 aromatic carbocycles. The van der Waals surface area contributed by atoms with Crippen LogP contribution in [0.15, 0.2) is 18.2 Å². The number of benzene rings is 1.